The Morgan fingerprint density at radius 1 is 1.00 bits per heavy atom. The SMILES string of the molecule is CCC(=O)O.CCCCC(CC)CC(=C1N(OC)C(=O)C(=O)N1OC)c1ccccc1. The van der Waals surface area contributed by atoms with E-state index in [2.05, 4.69) is 13.8 Å². The number of aliphatic carboxylic acids is 1. The van der Waals surface area contributed by atoms with Gasteiger partial charge in [-0.25, -0.2) is 0 Å². The molecule has 1 saturated heterocycles. The second-order valence-corrected chi connectivity index (χ2v) is 7.10. The zero-order valence-electron chi connectivity index (χ0n) is 19.1. The summed E-state index contributed by atoms with van der Waals surface area (Å²) in [6.45, 7) is 5.94. The van der Waals surface area contributed by atoms with Crippen molar-refractivity contribution in [1.82, 2.24) is 10.1 Å². The summed E-state index contributed by atoms with van der Waals surface area (Å²) in [4.78, 5) is 44.4. The summed E-state index contributed by atoms with van der Waals surface area (Å²) >= 11 is 0. The molecular formula is C23H34N2O6. The van der Waals surface area contributed by atoms with Crippen molar-refractivity contribution in [3.8, 4) is 0 Å². The Morgan fingerprint density at radius 2 is 1.52 bits per heavy atom. The van der Waals surface area contributed by atoms with E-state index < -0.39 is 17.8 Å². The molecule has 2 rings (SSSR count). The molecule has 1 aliphatic heterocycles. The first-order valence-corrected chi connectivity index (χ1v) is 10.6. The van der Waals surface area contributed by atoms with Crippen LogP contribution < -0.4 is 0 Å². The maximum absolute atomic E-state index is 12.3. The normalized spacial score (nSPS) is 14.4. The van der Waals surface area contributed by atoms with E-state index >= 15 is 0 Å². The average molecular weight is 435 g/mol. The molecule has 1 N–H and O–H groups in total. The van der Waals surface area contributed by atoms with Gasteiger partial charge in [-0.05, 0) is 17.9 Å². The highest BCUT2D eigenvalue weighted by atomic mass is 16.7. The van der Waals surface area contributed by atoms with Gasteiger partial charge in [-0.2, -0.15) is 10.1 Å². The number of benzene rings is 1. The first-order chi connectivity index (χ1) is 14.9. The van der Waals surface area contributed by atoms with Crippen molar-refractivity contribution in [2.75, 3.05) is 14.2 Å². The molecular weight excluding hydrogens is 400 g/mol. The van der Waals surface area contributed by atoms with Gasteiger partial charge in [0.15, 0.2) is 5.82 Å². The number of carbonyl (C=O) groups is 3. The number of carboxylic acid groups (broad SMARTS) is 1. The van der Waals surface area contributed by atoms with Crippen molar-refractivity contribution in [2.24, 2.45) is 5.92 Å². The molecule has 0 bridgehead atoms. The molecule has 8 nitrogen and oxygen atoms in total. The van der Waals surface area contributed by atoms with Crippen LogP contribution in [0.2, 0.25) is 0 Å². The van der Waals surface area contributed by atoms with Crippen LogP contribution in [0.1, 0.15) is 64.9 Å². The van der Waals surface area contributed by atoms with Gasteiger partial charge in [0.05, 0.1) is 14.2 Å². The van der Waals surface area contributed by atoms with Gasteiger partial charge in [0, 0.05) is 12.0 Å². The lowest BCUT2D eigenvalue weighted by Crippen LogP contribution is -2.26. The third-order valence-electron chi connectivity index (χ3n) is 5.03. The molecule has 2 amide bonds. The molecule has 1 aromatic rings. The fourth-order valence-corrected chi connectivity index (χ4v) is 3.24. The summed E-state index contributed by atoms with van der Waals surface area (Å²) in [5.74, 6) is -1.45. The van der Waals surface area contributed by atoms with Crippen molar-refractivity contribution >= 4 is 23.4 Å². The standard InChI is InChI=1S/C20H28N2O4.C3H6O2/c1-5-7-11-15(6-2)14-17(16-12-9-8-10-13-16)18-21(25-3)19(23)20(24)22(18)26-4;1-2-3(4)5/h8-10,12-13,15H,5-7,11,14H2,1-4H3;2H2,1H3,(H,4,5). The monoisotopic (exact) mass is 434 g/mol. The number of allylic oxidation sites excluding steroid dienone is 1. The van der Waals surface area contributed by atoms with Gasteiger partial charge >= 0.3 is 17.8 Å². The molecule has 1 atom stereocenters. The minimum atomic E-state index is -0.751. The Labute approximate surface area is 184 Å². The van der Waals surface area contributed by atoms with Crippen molar-refractivity contribution in [1.29, 1.82) is 0 Å². The fraction of sp³-hybridized carbons (Fsp3) is 0.522. The van der Waals surface area contributed by atoms with Gasteiger partial charge in [0.2, 0.25) is 0 Å². The van der Waals surface area contributed by atoms with Gasteiger partial charge in [0.1, 0.15) is 0 Å². The zero-order chi connectivity index (χ0) is 23.4. The van der Waals surface area contributed by atoms with Crippen molar-refractivity contribution in [3.05, 3.63) is 41.7 Å². The number of amides is 2. The Balaban J connectivity index is 0.000000861. The molecule has 0 aromatic heterocycles. The number of hydrogen-bond donors (Lipinski definition) is 1. The van der Waals surface area contributed by atoms with Crippen LogP contribution >= 0.6 is 0 Å². The average Bonchev–Trinajstić information content (AvgIpc) is 3.04. The number of rotatable bonds is 10. The minimum absolute atomic E-state index is 0.222. The van der Waals surface area contributed by atoms with E-state index in [9.17, 15) is 14.4 Å². The second kappa shape index (κ2) is 13.6. The summed E-state index contributed by atoms with van der Waals surface area (Å²) in [7, 11) is 2.75. The van der Waals surface area contributed by atoms with E-state index in [0.717, 1.165) is 53.4 Å². The summed E-state index contributed by atoms with van der Waals surface area (Å²) in [6.07, 6.45) is 5.36. The van der Waals surface area contributed by atoms with Crippen LogP contribution in [0.25, 0.3) is 5.57 Å². The lowest BCUT2D eigenvalue weighted by Gasteiger charge is -2.24. The Kier molecular flexibility index (Phi) is 11.5. The highest BCUT2D eigenvalue weighted by molar-refractivity contribution is 6.37. The van der Waals surface area contributed by atoms with E-state index in [1.54, 1.807) is 6.92 Å². The molecule has 1 aromatic carbocycles. The molecule has 1 heterocycles. The highest BCUT2D eigenvalue weighted by Gasteiger charge is 2.45. The number of carbonyl (C=O) groups excluding carboxylic acids is 2. The first kappa shape index (κ1) is 26.3. The van der Waals surface area contributed by atoms with Crippen molar-refractivity contribution < 1.29 is 29.2 Å². The van der Waals surface area contributed by atoms with Crippen LogP contribution in [-0.4, -0.2) is 47.2 Å². The first-order valence-electron chi connectivity index (χ1n) is 10.6. The second-order valence-electron chi connectivity index (χ2n) is 7.10. The van der Waals surface area contributed by atoms with Crippen LogP contribution in [-0.2, 0) is 24.1 Å². The molecule has 1 unspecified atom stereocenters. The number of carboxylic acids is 1. The molecule has 31 heavy (non-hydrogen) atoms. The van der Waals surface area contributed by atoms with Crippen LogP contribution in [0, 0.1) is 5.92 Å². The molecule has 1 fully saturated rings. The quantitative estimate of drug-likeness (QED) is 0.554. The number of unbranched alkanes of at least 4 members (excludes halogenated alkanes) is 1. The Bertz CT molecular complexity index is 739. The summed E-state index contributed by atoms with van der Waals surface area (Å²) in [6, 6.07) is 9.77. The van der Waals surface area contributed by atoms with Crippen LogP contribution in [0.3, 0.4) is 0 Å². The maximum Gasteiger partial charge on any atom is 0.344 e. The van der Waals surface area contributed by atoms with Gasteiger partial charge in [-0.15, -0.1) is 0 Å². The highest BCUT2D eigenvalue weighted by Crippen LogP contribution is 2.35. The van der Waals surface area contributed by atoms with Gasteiger partial charge in [-0.1, -0.05) is 76.8 Å². The predicted molar refractivity (Wildman–Crippen MR) is 117 cm³/mol. The van der Waals surface area contributed by atoms with E-state index in [1.165, 1.54) is 14.2 Å². The van der Waals surface area contributed by atoms with Gasteiger partial charge < -0.3 is 5.11 Å². The molecule has 0 saturated carbocycles. The number of nitrogens with zero attached hydrogens (tertiary/aromatic N) is 2. The van der Waals surface area contributed by atoms with E-state index in [1.807, 2.05) is 30.3 Å². The molecule has 8 heteroatoms. The molecule has 172 valence electrons. The number of hydroxylamine groups is 4. The Morgan fingerprint density at radius 3 is 1.90 bits per heavy atom. The molecule has 0 radical (unpaired) electrons. The van der Waals surface area contributed by atoms with E-state index in [4.69, 9.17) is 14.8 Å². The van der Waals surface area contributed by atoms with Gasteiger partial charge in [0.25, 0.3) is 0 Å². The van der Waals surface area contributed by atoms with Crippen LogP contribution in [0.5, 0.6) is 0 Å². The topological polar surface area (TPSA) is 96.4 Å². The van der Waals surface area contributed by atoms with E-state index in [-0.39, 0.29) is 6.42 Å². The molecule has 1 aliphatic rings. The lowest BCUT2D eigenvalue weighted by molar-refractivity contribution is -0.164. The third kappa shape index (κ3) is 7.18. The summed E-state index contributed by atoms with van der Waals surface area (Å²) < 4.78 is 0. The predicted octanol–water partition coefficient (Wildman–Crippen LogP) is 4.24. The molecule has 0 spiro atoms. The number of hydrogen-bond acceptors (Lipinski definition) is 5. The molecule has 0 aliphatic carbocycles. The van der Waals surface area contributed by atoms with Gasteiger partial charge in [-0.3, -0.25) is 24.1 Å². The lowest BCUT2D eigenvalue weighted by atomic mass is 9.88. The summed E-state index contributed by atoms with van der Waals surface area (Å²) in [5.41, 5.74) is 1.82. The van der Waals surface area contributed by atoms with Crippen molar-refractivity contribution in [3.63, 3.8) is 0 Å². The van der Waals surface area contributed by atoms with Crippen molar-refractivity contribution in [2.45, 2.75) is 59.3 Å². The Hall–Kier alpha value is -2.71. The van der Waals surface area contributed by atoms with E-state index in [0.29, 0.717) is 11.7 Å². The van der Waals surface area contributed by atoms with Crippen LogP contribution in [0.15, 0.2) is 36.2 Å². The zero-order valence-corrected chi connectivity index (χ0v) is 19.1. The smallest absolute Gasteiger partial charge is 0.344 e. The third-order valence-corrected chi connectivity index (χ3v) is 5.03. The summed E-state index contributed by atoms with van der Waals surface area (Å²) in [5, 5.41) is 9.78. The maximum atomic E-state index is 12.3. The van der Waals surface area contributed by atoms with Crippen LogP contribution in [0.4, 0.5) is 0 Å². The largest absolute Gasteiger partial charge is 0.481 e. The minimum Gasteiger partial charge on any atom is -0.481 e. The fourth-order valence-electron chi connectivity index (χ4n) is 3.24.